The van der Waals surface area contributed by atoms with Gasteiger partial charge in [0.15, 0.2) is 11.5 Å². The van der Waals surface area contributed by atoms with E-state index in [1.165, 1.54) is 4.52 Å². The van der Waals surface area contributed by atoms with Crippen LogP contribution in [0, 0.1) is 0 Å². The standard InChI is InChI=1S/C18H18ClN7O3.C2HF3O2/c1-9(23-18(28)13-16(20)25-26-4-2-3-21-17(13)26)10-7-12(19)11-8-22-24-14(11)15(10)29-6-5-27;3-2(4,5)1(6)7/h2-4,7-9,27H,5-6H2,1H3,(H2,20,25)(H,22,24)(H,23,28);(H,6,7). The van der Waals surface area contributed by atoms with Crippen molar-refractivity contribution in [2.75, 3.05) is 18.9 Å². The van der Waals surface area contributed by atoms with Gasteiger partial charge in [-0.1, -0.05) is 11.6 Å². The summed E-state index contributed by atoms with van der Waals surface area (Å²) < 4.78 is 38.9. The van der Waals surface area contributed by atoms with Crippen molar-refractivity contribution in [1.82, 2.24) is 30.1 Å². The molecule has 4 aromatic rings. The zero-order valence-corrected chi connectivity index (χ0v) is 19.1. The highest BCUT2D eigenvalue weighted by atomic mass is 35.5. The van der Waals surface area contributed by atoms with Crippen LogP contribution in [-0.4, -0.2) is 66.3 Å². The number of hydrogen-bond acceptors (Lipinski definition) is 8. The van der Waals surface area contributed by atoms with Crippen molar-refractivity contribution >= 4 is 45.8 Å². The number of fused-ring (bicyclic) bond motifs is 2. The first-order chi connectivity index (χ1) is 17.0. The van der Waals surface area contributed by atoms with Crippen molar-refractivity contribution in [2.24, 2.45) is 0 Å². The van der Waals surface area contributed by atoms with Crippen molar-refractivity contribution in [3.05, 3.63) is 46.9 Å². The fourth-order valence-corrected chi connectivity index (χ4v) is 3.42. The Labute approximate surface area is 204 Å². The zero-order valence-electron chi connectivity index (χ0n) is 18.4. The Bertz CT molecular complexity index is 1410. The number of anilines is 1. The summed E-state index contributed by atoms with van der Waals surface area (Å²) in [5, 5.41) is 31.3. The van der Waals surface area contributed by atoms with E-state index in [9.17, 15) is 18.0 Å². The number of ether oxygens (including phenoxy) is 1. The number of halogens is 4. The number of alkyl halides is 3. The molecule has 0 aliphatic heterocycles. The Morgan fingerprint density at radius 2 is 2.08 bits per heavy atom. The van der Waals surface area contributed by atoms with Gasteiger partial charge in [0.05, 0.1) is 23.9 Å². The van der Waals surface area contributed by atoms with Gasteiger partial charge in [-0.3, -0.25) is 9.89 Å². The summed E-state index contributed by atoms with van der Waals surface area (Å²) in [5.74, 6) is -2.66. The summed E-state index contributed by atoms with van der Waals surface area (Å²) in [4.78, 5) is 26.0. The molecule has 0 aliphatic rings. The molecule has 1 atom stereocenters. The largest absolute Gasteiger partial charge is 0.490 e. The van der Waals surface area contributed by atoms with Gasteiger partial charge in [0.2, 0.25) is 0 Å². The molecular weight excluding hydrogens is 511 g/mol. The van der Waals surface area contributed by atoms with Gasteiger partial charge in [-0.2, -0.15) is 18.3 Å². The second-order valence-electron chi connectivity index (χ2n) is 7.15. The van der Waals surface area contributed by atoms with Crippen LogP contribution in [0.2, 0.25) is 5.02 Å². The number of nitrogens with zero attached hydrogens (tertiary/aromatic N) is 4. The number of aromatic nitrogens is 5. The molecule has 6 N–H and O–H groups in total. The Morgan fingerprint density at radius 3 is 2.72 bits per heavy atom. The normalized spacial score (nSPS) is 12.2. The lowest BCUT2D eigenvalue weighted by atomic mass is 10.0. The van der Waals surface area contributed by atoms with Crippen LogP contribution in [0.5, 0.6) is 5.75 Å². The first-order valence-electron chi connectivity index (χ1n) is 10.0. The highest BCUT2D eigenvalue weighted by molar-refractivity contribution is 6.35. The van der Waals surface area contributed by atoms with Gasteiger partial charge in [-0.25, -0.2) is 14.3 Å². The van der Waals surface area contributed by atoms with Crippen LogP contribution in [0.25, 0.3) is 16.6 Å². The molecule has 3 heterocycles. The molecule has 36 heavy (non-hydrogen) atoms. The fraction of sp³-hybridized carbons (Fsp3) is 0.250. The maximum absolute atomic E-state index is 12.9. The summed E-state index contributed by atoms with van der Waals surface area (Å²) in [6.07, 6.45) is -0.281. The summed E-state index contributed by atoms with van der Waals surface area (Å²) in [6, 6.07) is 2.89. The maximum atomic E-state index is 12.9. The van der Waals surface area contributed by atoms with E-state index in [2.05, 4.69) is 25.6 Å². The van der Waals surface area contributed by atoms with Gasteiger partial charge in [0.25, 0.3) is 5.91 Å². The number of carboxylic acid groups (broad SMARTS) is 1. The Hall–Kier alpha value is -4.11. The van der Waals surface area contributed by atoms with Gasteiger partial charge >= 0.3 is 12.1 Å². The number of carboxylic acids is 1. The Balaban J connectivity index is 0.000000454. The number of nitrogen functional groups attached to an aromatic ring is 1. The van der Waals surface area contributed by atoms with Crippen molar-refractivity contribution in [1.29, 1.82) is 0 Å². The third-order valence-electron chi connectivity index (χ3n) is 4.71. The molecule has 0 saturated heterocycles. The van der Waals surface area contributed by atoms with Crippen LogP contribution in [0.3, 0.4) is 0 Å². The van der Waals surface area contributed by atoms with Gasteiger partial charge in [0.1, 0.15) is 23.4 Å². The number of aliphatic carboxylic acids is 1. The SMILES string of the molecule is CC(NC(=O)c1c(N)nn2cccnc12)c1cc(Cl)c2cn[nH]c2c1OCCO.O=C(O)C(F)(F)F. The van der Waals surface area contributed by atoms with Crippen LogP contribution in [0.4, 0.5) is 19.0 Å². The number of carbonyl (C=O) groups excluding carboxylic acids is 1. The molecule has 192 valence electrons. The number of rotatable bonds is 6. The molecule has 0 fully saturated rings. The van der Waals surface area contributed by atoms with E-state index in [-0.39, 0.29) is 24.6 Å². The van der Waals surface area contributed by atoms with E-state index in [1.54, 1.807) is 37.6 Å². The summed E-state index contributed by atoms with van der Waals surface area (Å²) in [7, 11) is 0. The second kappa shape index (κ2) is 10.7. The highest BCUT2D eigenvalue weighted by Gasteiger charge is 2.38. The predicted molar refractivity (Wildman–Crippen MR) is 121 cm³/mol. The van der Waals surface area contributed by atoms with Gasteiger partial charge < -0.3 is 26.0 Å². The van der Waals surface area contributed by atoms with E-state index in [0.29, 0.717) is 32.9 Å². The Morgan fingerprint density at radius 1 is 1.39 bits per heavy atom. The average Bonchev–Trinajstić information content (AvgIpc) is 3.42. The van der Waals surface area contributed by atoms with Gasteiger partial charge in [-0.15, -0.1) is 5.10 Å². The van der Waals surface area contributed by atoms with Crippen molar-refractivity contribution in [3.63, 3.8) is 0 Å². The topological polar surface area (TPSA) is 181 Å². The number of benzene rings is 1. The van der Waals surface area contributed by atoms with E-state index in [0.717, 1.165) is 0 Å². The first kappa shape index (κ1) is 26.5. The molecule has 3 aromatic heterocycles. The molecule has 0 radical (unpaired) electrons. The number of amides is 1. The van der Waals surface area contributed by atoms with Crippen molar-refractivity contribution < 1.29 is 37.7 Å². The van der Waals surface area contributed by atoms with E-state index in [4.69, 9.17) is 37.1 Å². The number of nitrogens with two attached hydrogens (primary N) is 1. The number of aromatic amines is 1. The van der Waals surface area contributed by atoms with Crippen LogP contribution in [-0.2, 0) is 4.79 Å². The molecule has 0 spiro atoms. The Kier molecular flexibility index (Phi) is 7.84. The average molecular weight is 530 g/mol. The summed E-state index contributed by atoms with van der Waals surface area (Å²) in [5.41, 5.74) is 7.67. The van der Waals surface area contributed by atoms with Gasteiger partial charge in [0, 0.05) is 23.3 Å². The minimum absolute atomic E-state index is 0.0761. The second-order valence-corrected chi connectivity index (χ2v) is 7.56. The molecule has 16 heteroatoms. The van der Waals surface area contributed by atoms with E-state index in [1.807, 2.05) is 0 Å². The van der Waals surface area contributed by atoms with Crippen LogP contribution < -0.4 is 15.8 Å². The molecule has 0 bridgehead atoms. The van der Waals surface area contributed by atoms with E-state index >= 15 is 0 Å². The molecule has 0 saturated carbocycles. The summed E-state index contributed by atoms with van der Waals surface area (Å²) in [6.45, 7) is 1.70. The number of nitrogens with one attached hydrogen (secondary N) is 2. The minimum Gasteiger partial charge on any atom is -0.489 e. The number of H-pyrrole nitrogens is 1. The third kappa shape index (κ3) is 5.58. The van der Waals surface area contributed by atoms with Crippen molar-refractivity contribution in [2.45, 2.75) is 19.1 Å². The molecule has 12 nitrogen and oxygen atoms in total. The van der Waals surface area contributed by atoms with Gasteiger partial charge in [-0.05, 0) is 19.1 Å². The maximum Gasteiger partial charge on any atom is 0.490 e. The van der Waals surface area contributed by atoms with Crippen molar-refractivity contribution in [3.8, 4) is 5.75 Å². The highest BCUT2D eigenvalue weighted by Crippen LogP contribution is 2.37. The number of aliphatic hydroxyl groups is 1. The molecular formula is C20H19ClF3N7O5. The fourth-order valence-electron chi connectivity index (χ4n) is 3.16. The lowest BCUT2D eigenvalue weighted by molar-refractivity contribution is -0.192. The smallest absolute Gasteiger partial charge is 0.489 e. The molecule has 1 amide bonds. The predicted octanol–water partition coefficient (Wildman–Crippen LogP) is 2.34. The summed E-state index contributed by atoms with van der Waals surface area (Å²) >= 11 is 6.37. The first-order valence-corrected chi connectivity index (χ1v) is 10.4. The minimum atomic E-state index is -5.08. The number of aliphatic hydroxyl groups excluding tert-OH is 1. The molecule has 1 unspecified atom stereocenters. The van der Waals surface area contributed by atoms with Crippen LogP contribution in [0.1, 0.15) is 28.9 Å². The quantitative estimate of drug-likeness (QED) is 0.250. The van der Waals surface area contributed by atoms with Crippen LogP contribution >= 0.6 is 11.6 Å². The number of hydrogen-bond donors (Lipinski definition) is 5. The zero-order chi connectivity index (χ0) is 26.6. The molecule has 0 aliphatic carbocycles. The molecule has 4 rings (SSSR count). The van der Waals surface area contributed by atoms with E-state index < -0.39 is 24.1 Å². The number of carbonyl (C=O) groups is 2. The third-order valence-corrected chi connectivity index (χ3v) is 5.02. The monoisotopic (exact) mass is 529 g/mol. The lowest BCUT2D eigenvalue weighted by Crippen LogP contribution is -2.28. The lowest BCUT2D eigenvalue weighted by Gasteiger charge is -2.19. The molecule has 1 aromatic carbocycles. The van der Waals surface area contributed by atoms with Crippen LogP contribution in [0.15, 0.2) is 30.7 Å².